The van der Waals surface area contributed by atoms with Gasteiger partial charge in [-0.25, -0.2) is 4.79 Å². The Morgan fingerprint density at radius 3 is 2.20 bits per heavy atom. The summed E-state index contributed by atoms with van der Waals surface area (Å²) in [5.41, 5.74) is 0. The molecule has 1 fully saturated rings. The predicted octanol–water partition coefficient (Wildman–Crippen LogP) is -0.690. The molecule has 20 heavy (non-hydrogen) atoms. The number of aliphatic carboxylic acids is 1. The van der Waals surface area contributed by atoms with Crippen molar-refractivity contribution in [2.45, 2.75) is 51.2 Å². The van der Waals surface area contributed by atoms with E-state index in [1.807, 2.05) is 0 Å². The lowest BCUT2D eigenvalue weighted by atomic mass is 9.92. The minimum absolute atomic E-state index is 0.341. The molecule has 0 aromatic rings. The van der Waals surface area contributed by atoms with Gasteiger partial charge in [0, 0.05) is 21.0 Å². The van der Waals surface area contributed by atoms with E-state index in [2.05, 4.69) is 5.32 Å². The average Bonchev–Trinajstić information content (AvgIpc) is 2.32. The van der Waals surface area contributed by atoms with Crippen molar-refractivity contribution in [2.24, 2.45) is 0 Å². The van der Waals surface area contributed by atoms with Crippen LogP contribution >= 0.6 is 0 Å². The molecule has 1 amide bonds. The molecule has 8 nitrogen and oxygen atoms in total. The van der Waals surface area contributed by atoms with Gasteiger partial charge < -0.3 is 24.6 Å². The topological polar surface area (TPSA) is 111 Å². The summed E-state index contributed by atoms with van der Waals surface area (Å²) in [5.74, 6) is -2.15. The summed E-state index contributed by atoms with van der Waals surface area (Å²) in [4.78, 5) is 33.6. The highest BCUT2D eigenvalue weighted by Crippen LogP contribution is 2.26. The van der Waals surface area contributed by atoms with E-state index >= 15 is 0 Å². The van der Waals surface area contributed by atoms with Crippen molar-refractivity contribution in [3.63, 3.8) is 0 Å². The maximum atomic E-state index is 11.2. The fourth-order valence-corrected chi connectivity index (χ4v) is 2.26. The zero-order valence-corrected chi connectivity index (χ0v) is 11.8. The molecule has 0 aromatic carbocycles. The molecule has 1 heterocycles. The second kappa shape index (κ2) is 6.67. The van der Waals surface area contributed by atoms with Gasteiger partial charge in [-0.2, -0.15) is 0 Å². The fraction of sp³-hybridized carbons (Fsp3) is 0.750. The minimum atomic E-state index is -1.27. The molecule has 1 rings (SSSR count). The molecule has 0 aromatic heterocycles. The third kappa shape index (κ3) is 3.67. The number of ether oxygens (including phenoxy) is 3. The summed E-state index contributed by atoms with van der Waals surface area (Å²) >= 11 is 0. The lowest BCUT2D eigenvalue weighted by Crippen LogP contribution is -2.65. The van der Waals surface area contributed by atoms with Gasteiger partial charge in [-0.3, -0.25) is 9.59 Å². The fourth-order valence-electron chi connectivity index (χ4n) is 2.26. The highest BCUT2D eigenvalue weighted by atomic mass is 16.6. The summed E-state index contributed by atoms with van der Waals surface area (Å²) in [6, 6.07) is -0.683. The number of rotatable bonds is 4. The molecular formula is C12H19NO7. The largest absolute Gasteiger partial charge is 0.479 e. The van der Waals surface area contributed by atoms with E-state index in [0.717, 1.165) is 0 Å². The molecule has 1 aliphatic heterocycles. The number of carbonyl (C=O) groups is 3. The van der Waals surface area contributed by atoms with Crippen molar-refractivity contribution in [3.05, 3.63) is 0 Å². The molecule has 1 saturated heterocycles. The molecule has 1 aliphatic rings. The van der Waals surface area contributed by atoms with E-state index in [1.165, 1.54) is 21.0 Å². The predicted molar refractivity (Wildman–Crippen MR) is 65.9 cm³/mol. The summed E-state index contributed by atoms with van der Waals surface area (Å²) in [7, 11) is 1.29. The average molecular weight is 289 g/mol. The standard InChI is InChI=1S/C12H19NO7/c1-5-8(13-6(2)14)9(20-7(3)15)10(18-4)11(19-5)12(16)17/h5,8-11H,1-4H3,(H,13,14)(H,16,17). The molecule has 0 aliphatic carbocycles. The van der Waals surface area contributed by atoms with Gasteiger partial charge in [0.25, 0.3) is 0 Å². The van der Waals surface area contributed by atoms with Crippen LogP contribution in [0.15, 0.2) is 0 Å². The Kier molecular flexibility index (Phi) is 5.46. The van der Waals surface area contributed by atoms with Crippen LogP contribution in [-0.2, 0) is 28.6 Å². The molecule has 2 N–H and O–H groups in total. The molecule has 5 unspecified atom stereocenters. The maximum absolute atomic E-state index is 11.2. The normalized spacial score (nSPS) is 33.3. The zero-order valence-electron chi connectivity index (χ0n) is 11.8. The SMILES string of the molecule is COC1C(C(=O)O)OC(C)C(NC(C)=O)C1OC(C)=O. The Morgan fingerprint density at radius 2 is 1.80 bits per heavy atom. The van der Waals surface area contributed by atoms with Crippen LogP contribution in [0.2, 0.25) is 0 Å². The molecule has 114 valence electrons. The Hall–Kier alpha value is -1.67. The number of carbonyl (C=O) groups excluding carboxylic acids is 2. The van der Waals surface area contributed by atoms with E-state index in [0.29, 0.717) is 0 Å². The number of carboxylic acid groups (broad SMARTS) is 1. The van der Waals surface area contributed by atoms with E-state index in [4.69, 9.17) is 19.3 Å². The van der Waals surface area contributed by atoms with Crippen LogP contribution in [0.3, 0.4) is 0 Å². The van der Waals surface area contributed by atoms with Crippen LogP contribution in [0.5, 0.6) is 0 Å². The highest BCUT2D eigenvalue weighted by Gasteiger charge is 2.49. The first-order valence-corrected chi connectivity index (χ1v) is 6.13. The summed E-state index contributed by atoms with van der Waals surface area (Å²) in [6.45, 7) is 4.11. The molecule has 0 bridgehead atoms. The van der Waals surface area contributed by atoms with E-state index in [-0.39, 0.29) is 5.91 Å². The third-order valence-electron chi connectivity index (χ3n) is 3.03. The number of hydrogen-bond donors (Lipinski definition) is 2. The van der Waals surface area contributed by atoms with Gasteiger partial charge in [-0.05, 0) is 6.92 Å². The third-order valence-corrected chi connectivity index (χ3v) is 3.03. The lowest BCUT2D eigenvalue weighted by Gasteiger charge is -2.43. The van der Waals surface area contributed by atoms with Crippen LogP contribution < -0.4 is 5.32 Å². The van der Waals surface area contributed by atoms with Crippen molar-refractivity contribution in [1.29, 1.82) is 0 Å². The number of nitrogens with one attached hydrogen (secondary N) is 1. The lowest BCUT2D eigenvalue weighted by molar-refractivity contribution is -0.214. The first kappa shape index (κ1) is 16.4. The summed E-state index contributed by atoms with van der Waals surface area (Å²) in [5, 5.41) is 11.7. The number of hydrogen-bond acceptors (Lipinski definition) is 6. The summed E-state index contributed by atoms with van der Waals surface area (Å²) < 4.78 is 15.6. The molecular weight excluding hydrogens is 270 g/mol. The van der Waals surface area contributed by atoms with Gasteiger partial charge in [0.15, 0.2) is 12.2 Å². The Balaban J connectivity index is 3.07. The van der Waals surface area contributed by atoms with Gasteiger partial charge in [-0.1, -0.05) is 0 Å². The smallest absolute Gasteiger partial charge is 0.335 e. The quantitative estimate of drug-likeness (QED) is 0.659. The van der Waals surface area contributed by atoms with Crippen LogP contribution in [-0.4, -0.2) is 60.5 Å². The number of amides is 1. The van der Waals surface area contributed by atoms with E-state index in [1.54, 1.807) is 6.92 Å². The highest BCUT2D eigenvalue weighted by molar-refractivity contribution is 5.75. The summed E-state index contributed by atoms with van der Waals surface area (Å²) in [6.07, 6.45) is -3.86. The van der Waals surface area contributed by atoms with Crippen LogP contribution in [0.1, 0.15) is 20.8 Å². The Morgan fingerprint density at radius 1 is 1.20 bits per heavy atom. The van der Waals surface area contributed by atoms with Crippen molar-refractivity contribution in [3.8, 4) is 0 Å². The van der Waals surface area contributed by atoms with Crippen molar-refractivity contribution in [2.75, 3.05) is 7.11 Å². The molecule has 5 atom stereocenters. The molecule has 8 heteroatoms. The van der Waals surface area contributed by atoms with Crippen LogP contribution in [0.4, 0.5) is 0 Å². The van der Waals surface area contributed by atoms with Gasteiger partial charge in [0.2, 0.25) is 5.91 Å². The van der Waals surface area contributed by atoms with Crippen molar-refractivity contribution >= 4 is 17.8 Å². The molecule has 0 spiro atoms. The number of carboxylic acids is 1. The Bertz CT molecular complexity index is 395. The maximum Gasteiger partial charge on any atom is 0.335 e. The van der Waals surface area contributed by atoms with Gasteiger partial charge >= 0.3 is 11.9 Å². The molecule has 0 radical (unpaired) electrons. The van der Waals surface area contributed by atoms with E-state index in [9.17, 15) is 14.4 Å². The Labute approximate surface area is 116 Å². The van der Waals surface area contributed by atoms with Gasteiger partial charge in [0.05, 0.1) is 12.1 Å². The van der Waals surface area contributed by atoms with E-state index < -0.39 is 42.4 Å². The van der Waals surface area contributed by atoms with Crippen molar-refractivity contribution < 1.29 is 33.7 Å². The first-order chi connectivity index (χ1) is 9.27. The van der Waals surface area contributed by atoms with Crippen LogP contribution in [0, 0.1) is 0 Å². The van der Waals surface area contributed by atoms with Gasteiger partial charge in [-0.15, -0.1) is 0 Å². The van der Waals surface area contributed by atoms with Crippen molar-refractivity contribution in [1.82, 2.24) is 5.32 Å². The van der Waals surface area contributed by atoms with Gasteiger partial charge in [0.1, 0.15) is 6.10 Å². The second-order valence-electron chi connectivity index (χ2n) is 4.60. The second-order valence-corrected chi connectivity index (χ2v) is 4.60. The van der Waals surface area contributed by atoms with Crippen LogP contribution in [0.25, 0.3) is 0 Å². The zero-order chi connectivity index (χ0) is 15.4. The minimum Gasteiger partial charge on any atom is -0.479 e. The molecule has 0 saturated carbocycles. The number of esters is 1. The number of methoxy groups -OCH3 is 1. The monoisotopic (exact) mass is 289 g/mol. The first-order valence-electron chi connectivity index (χ1n) is 6.13.